The molecule has 12 rings (SSSR count). The summed E-state index contributed by atoms with van der Waals surface area (Å²) in [5.74, 6) is -8.06. The number of alkyl carbamates (subject to hydrolysis) is 1. The summed E-state index contributed by atoms with van der Waals surface area (Å²) in [6, 6.07) is 10.8. The highest BCUT2D eigenvalue weighted by Gasteiger charge is 2.54. The first-order valence-corrected chi connectivity index (χ1v) is 46.1. The molecule has 6 aliphatic heterocycles. The zero-order valence-corrected chi connectivity index (χ0v) is 76.2. The lowest BCUT2D eigenvalue weighted by molar-refractivity contribution is -0.265. The number of likely N-dealkylation sites (tertiary alicyclic amines) is 2. The number of esters is 1. The number of nitrogens with two attached hydrogens (primary N) is 3. The molecule has 35 heteroatoms. The molecule has 0 spiro atoms. The third-order valence-corrected chi connectivity index (χ3v) is 26.6. The highest BCUT2D eigenvalue weighted by atomic mass is 16.6. The Bertz CT molecular complexity index is 4660. The van der Waals surface area contributed by atoms with Crippen LogP contribution in [0.5, 0.6) is 0 Å². The van der Waals surface area contributed by atoms with Crippen molar-refractivity contribution in [2.45, 2.75) is 230 Å². The van der Waals surface area contributed by atoms with E-state index in [1.165, 1.54) is 19.0 Å². The number of ether oxygens (including phenoxy) is 11. The maximum Gasteiger partial charge on any atom is 0.407 e. The fraction of sp³-hybridized carbons (Fsp3) is 0.660. The summed E-state index contributed by atoms with van der Waals surface area (Å²) in [5, 5.41) is 55.1. The molecule has 3 amide bonds. The van der Waals surface area contributed by atoms with Gasteiger partial charge >= 0.3 is 12.1 Å². The van der Waals surface area contributed by atoms with Crippen molar-refractivity contribution in [1.29, 1.82) is 0 Å². The standard InChI is InChI=1S/C94H137N13O22/c1-58-14-10-9-11-15-59(2)78(118-7)51-71-22-17-63(6)94(117,129-71)87(113)90(114)106-28-13-12-16-74(106)91(115)126-79(52-75(108)60(3)45-62(5)85(111)86(112)84(110)61(4)44-58)72(95)47-64-19-23-77(80(48-64)119-8)128-93(116)98-27-33-121-37-38-122-34-30-103-55-70-50-69(103)56-104(70)31-35-123-39-41-125-43-42-124-40-36-120-32-26-81(109)105-29-25-66-46-65(18-20-68(66)54-105)53-107-89-82(88(96)99-57-100-89)83(102-107)67-21-24-76-73(49-67)101-92(97)127-76/h9-11,14-15,18,20-21,24,45-46,49,57-58,60-61,63-64,69-72,74-75,77-80,85-86,108,111-112,117H,12-13,16-17,19,22-23,25-44,47-48,50-56,95H2,1-8H3,(H2,97,101)(H,98,116)(H2,96,99,100)/b11-9?,14-10+,59-15?,62-45+/t58-,60-,61-,63-,64+,69+,70+,71+,72-,74+,75-,77-,78+,79+,80-,85-,86+,94-/m1/s1. The van der Waals surface area contributed by atoms with E-state index >= 15 is 0 Å². The third-order valence-electron chi connectivity index (χ3n) is 26.6. The van der Waals surface area contributed by atoms with Crippen LogP contribution in [-0.4, -0.2) is 318 Å². The van der Waals surface area contributed by atoms with Crippen LogP contribution in [0.2, 0.25) is 0 Å². The largest absolute Gasteiger partial charge is 0.459 e. The number of methoxy groups -OCH3 is 2. The number of oxazole rings is 1. The lowest BCUT2D eigenvalue weighted by Gasteiger charge is -2.42. The second kappa shape index (κ2) is 48.2. The number of benzene rings is 2. The Hall–Kier alpha value is -8.60. The van der Waals surface area contributed by atoms with Crippen molar-refractivity contribution in [1.82, 2.24) is 49.6 Å². The monoisotopic (exact) mass is 1800 g/mol. The maximum absolute atomic E-state index is 14.7. The zero-order valence-electron chi connectivity index (χ0n) is 76.2. The van der Waals surface area contributed by atoms with Gasteiger partial charge in [0.25, 0.3) is 17.7 Å². The number of nitrogens with one attached hydrogen (secondary N) is 1. The molecule has 7 aliphatic rings. The summed E-state index contributed by atoms with van der Waals surface area (Å²) in [7, 11) is 3.10. The van der Waals surface area contributed by atoms with Crippen molar-refractivity contribution in [2.24, 2.45) is 35.3 Å². The number of carbonyl (C=O) groups excluding carboxylic acids is 6. The van der Waals surface area contributed by atoms with Gasteiger partial charge < -0.3 is 109 Å². The number of aromatic nitrogens is 5. The highest BCUT2D eigenvalue weighted by Crippen LogP contribution is 2.40. The fourth-order valence-corrected chi connectivity index (χ4v) is 19.0. The highest BCUT2D eigenvalue weighted by molar-refractivity contribution is 6.39. The van der Waals surface area contributed by atoms with Gasteiger partial charge in [-0.3, -0.25) is 29.0 Å². The van der Waals surface area contributed by atoms with E-state index in [9.17, 15) is 49.2 Å². The smallest absolute Gasteiger partial charge is 0.407 e. The number of ketones is 2. The van der Waals surface area contributed by atoms with Gasteiger partial charge in [0.05, 0.1) is 122 Å². The quantitative estimate of drug-likeness (QED) is 0.00933. The molecule has 11 N–H and O–H groups in total. The number of nitrogens with zero attached hydrogens (tertiary/aromatic N) is 9. The molecular weight excluding hydrogens is 1660 g/mol. The number of cyclic esters (lactones) is 1. The van der Waals surface area contributed by atoms with Crippen LogP contribution in [0.4, 0.5) is 16.6 Å². The SMILES string of the molecule is CO[C@H]1C[C@@H]2CC[C@@H](C)[C@@](O)(O2)C(=O)C(=O)N2CCCC[C@H]2C(=O)O[C@H]([C@H](N)C[C@@H]2CC[C@@H](OC(=O)NCCOCCOCCN3C[C@@H]4C[C@H]3CN4CCOCCOCCOCCOCCC(=O)N3CCc4cc(Cn5nc(-c6ccc7oc(N)nc7c6)c6c(N)ncnc65)ccc4C3)[C@H](OC)C2)C[C@@H](O)[C@H](C)/C=C(\C)[C@@H](O)[C@@H](O)C(=O)[C@H](C)C[C@H](C)/C=C/C=CC=C1C. The van der Waals surface area contributed by atoms with Gasteiger partial charge in [-0.1, -0.05) is 82.4 Å². The Morgan fingerprint density at radius 1 is 0.713 bits per heavy atom. The lowest BCUT2D eigenvalue weighted by Crippen LogP contribution is -2.61. The number of aliphatic hydroxyl groups excluding tert-OH is 3. The number of aliphatic hydroxyl groups is 4. The Kier molecular flexibility index (Phi) is 37.1. The lowest BCUT2D eigenvalue weighted by atomic mass is 9.80. The van der Waals surface area contributed by atoms with Crippen molar-refractivity contribution in [3.05, 3.63) is 107 Å². The van der Waals surface area contributed by atoms with E-state index in [2.05, 4.69) is 48.3 Å². The summed E-state index contributed by atoms with van der Waals surface area (Å²) in [5.41, 5.74) is 26.9. The number of nitrogen functional groups attached to an aromatic ring is 2. The number of amides is 3. The number of carbonyl (C=O) groups is 6. The van der Waals surface area contributed by atoms with Gasteiger partial charge in [-0.05, 0) is 149 Å². The molecule has 0 unspecified atom stereocenters. The Morgan fingerprint density at radius 3 is 2.12 bits per heavy atom. The number of piperazine rings is 1. The van der Waals surface area contributed by atoms with Gasteiger partial charge in [-0.15, -0.1) is 0 Å². The van der Waals surface area contributed by atoms with E-state index in [4.69, 9.17) is 78.8 Å². The minimum Gasteiger partial charge on any atom is -0.459 e. The van der Waals surface area contributed by atoms with Crippen molar-refractivity contribution < 1.29 is 106 Å². The van der Waals surface area contributed by atoms with Crippen molar-refractivity contribution in [3.63, 3.8) is 0 Å². The molecule has 3 aromatic heterocycles. The first kappa shape index (κ1) is 99.4. The Labute approximate surface area is 755 Å². The summed E-state index contributed by atoms with van der Waals surface area (Å²) < 4.78 is 72.4. The minimum absolute atomic E-state index is 0.0202. The van der Waals surface area contributed by atoms with Crippen LogP contribution in [0.15, 0.2) is 94.7 Å². The first-order valence-electron chi connectivity index (χ1n) is 46.1. The molecule has 1 aliphatic carbocycles. The molecule has 35 nitrogen and oxygen atoms in total. The van der Waals surface area contributed by atoms with Crippen LogP contribution >= 0.6 is 0 Å². The van der Waals surface area contributed by atoms with Crippen LogP contribution in [0, 0.1) is 29.6 Å². The molecule has 129 heavy (non-hydrogen) atoms. The van der Waals surface area contributed by atoms with E-state index in [1.54, 1.807) is 46.9 Å². The van der Waals surface area contributed by atoms with E-state index < -0.39 is 114 Å². The Balaban J connectivity index is 0.493. The number of fused-ring (bicyclic) bond motifs is 8. The first-order chi connectivity index (χ1) is 62.2. The molecule has 0 radical (unpaired) electrons. The molecular formula is C94H137N13O22. The predicted molar refractivity (Wildman–Crippen MR) is 479 cm³/mol. The number of anilines is 2. The van der Waals surface area contributed by atoms with Crippen LogP contribution in [0.3, 0.4) is 0 Å². The van der Waals surface area contributed by atoms with E-state index in [0.29, 0.717) is 189 Å². The van der Waals surface area contributed by atoms with E-state index in [-0.39, 0.29) is 81.1 Å². The van der Waals surface area contributed by atoms with E-state index in [0.717, 1.165) is 66.2 Å². The second-order valence-electron chi connectivity index (χ2n) is 35.9. The average Bonchev–Trinajstić information content (AvgIpc) is 1.39. The molecule has 2 aromatic carbocycles. The van der Waals surface area contributed by atoms with Crippen LogP contribution in [-0.2, 0) is 95.6 Å². The number of Topliss-reactive ketones (excluding diaryl/α,β-unsaturated/α-hetero) is 2. The van der Waals surface area contributed by atoms with Gasteiger partial charge in [-0.25, -0.2) is 24.2 Å². The molecule has 1 saturated carbocycles. The Morgan fingerprint density at radius 2 is 1.42 bits per heavy atom. The van der Waals surface area contributed by atoms with Crippen molar-refractivity contribution in [3.8, 4) is 11.3 Å². The number of hydrogen-bond acceptors (Lipinski definition) is 31. The van der Waals surface area contributed by atoms with Gasteiger partial charge in [0.15, 0.2) is 17.0 Å². The predicted octanol–water partition coefficient (Wildman–Crippen LogP) is 6.74. The normalized spacial score (nSPS) is 29.1. The number of rotatable bonds is 33. The van der Waals surface area contributed by atoms with Crippen LogP contribution in [0.1, 0.15) is 148 Å². The second-order valence-corrected chi connectivity index (χ2v) is 35.9. The average molecular weight is 1800 g/mol. The topological polar surface area (TPSA) is 458 Å². The summed E-state index contributed by atoms with van der Waals surface area (Å²) >= 11 is 0. The summed E-state index contributed by atoms with van der Waals surface area (Å²) in [6.45, 7) is 21.1. The number of piperidine rings is 1. The molecule has 710 valence electrons. The van der Waals surface area contributed by atoms with Crippen LogP contribution in [0.25, 0.3) is 33.4 Å². The third kappa shape index (κ3) is 26.9. The molecule has 9 heterocycles. The van der Waals surface area contributed by atoms with Crippen LogP contribution < -0.4 is 22.5 Å². The maximum atomic E-state index is 14.7. The number of allylic oxidation sites excluding steroid dienone is 5. The van der Waals surface area contributed by atoms with Gasteiger partial charge in [0.2, 0.25) is 11.7 Å². The molecule has 5 fully saturated rings. The van der Waals surface area contributed by atoms with Gasteiger partial charge in [-0.2, -0.15) is 10.1 Å². The molecule has 4 saturated heterocycles. The molecule has 18 atom stereocenters. The van der Waals surface area contributed by atoms with Gasteiger partial charge in [0.1, 0.15) is 53.8 Å². The van der Waals surface area contributed by atoms with Crippen molar-refractivity contribution >= 4 is 69.4 Å². The number of hydrogen-bond donors (Lipinski definition) is 8. The zero-order chi connectivity index (χ0) is 91.8. The fourth-order valence-electron chi connectivity index (χ4n) is 19.0. The molecule has 5 aromatic rings. The molecule has 4 bridgehead atoms. The summed E-state index contributed by atoms with van der Waals surface area (Å²) in [4.78, 5) is 105. The minimum atomic E-state index is -2.50. The summed E-state index contributed by atoms with van der Waals surface area (Å²) in [6.07, 6.45) is 10.0. The van der Waals surface area contributed by atoms with E-state index in [1.807, 2.05) is 65.9 Å². The van der Waals surface area contributed by atoms with Crippen molar-refractivity contribution in [2.75, 3.05) is 151 Å². The van der Waals surface area contributed by atoms with Gasteiger partial charge in [0, 0.05) is 121 Å².